The highest BCUT2D eigenvalue weighted by atomic mass is 16.3. The number of nitrogens with zero attached hydrogens (tertiary/aromatic N) is 4. The summed E-state index contributed by atoms with van der Waals surface area (Å²) in [7, 11) is 0. The Bertz CT molecular complexity index is 6710. The molecule has 0 atom stereocenters. The molecule has 0 fully saturated rings. The molecule has 106 heavy (non-hydrogen) atoms. The zero-order valence-corrected chi connectivity index (χ0v) is 58.3. The third-order valence-electron chi connectivity index (χ3n) is 20.5. The topological polar surface area (TPSA) is 65.5 Å². The van der Waals surface area contributed by atoms with Crippen LogP contribution in [0.1, 0.15) is 36.5 Å². The van der Waals surface area contributed by atoms with Crippen molar-refractivity contribution >= 4 is 179 Å². The number of benzene rings is 15. The van der Waals surface area contributed by atoms with Crippen molar-refractivity contribution in [3.8, 4) is 11.1 Å². The Morgan fingerprint density at radius 3 is 1.34 bits per heavy atom. The molecule has 0 unspecified atom stereocenters. The molecule has 8 nitrogen and oxygen atoms in total. The van der Waals surface area contributed by atoms with Crippen LogP contribution in [0.25, 0.3) is 133 Å². The van der Waals surface area contributed by atoms with Crippen molar-refractivity contribution in [3.05, 3.63) is 376 Å². The van der Waals surface area contributed by atoms with Crippen LogP contribution in [0.15, 0.2) is 371 Å². The van der Waals surface area contributed by atoms with Gasteiger partial charge in [-0.15, -0.1) is 0 Å². The van der Waals surface area contributed by atoms with E-state index in [0.717, 1.165) is 177 Å². The lowest BCUT2D eigenvalue weighted by atomic mass is 9.91. The number of fused-ring (bicyclic) bond motifs is 12. The minimum atomic E-state index is 0.634. The van der Waals surface area contributed by atoms with Crippen LogP contribution >= 0.6 is 0 Å². The second kappa shape index (κ2) is 26.1. The highest BCUT2D eigenvalue weighted by molar-refractivity contribution is 6.22. The maximum Gasteiger partial charge on any atom is 0.158 e. The number of allylic oxidation sites excluding steroid dienone is 2. The largest absolute Gasteiger partial charge is 0.456 e. The monoisotopic (exact) mass is 1360 g/mol. The van der Waals surface area contributed by atoms with E-state index in [0.29, 0.717) is 22.9 Å². The number of furan rings is 4. The predicted octanol–water partition coefficient (Wildman–Crippen LogP) is 28.7. The minimum absolute atomic E-state index is 0.634. The summed E-state index contributed by atoms with van der Waals surface area (Å²) in [5.41, 5.74) is 19.4. The molecule has 0 bridgehead atoms. The Labute approximate surface area is 612 Å². The summed E-state index contributed by atoms with van der Waals surface area (Å²) in [5, 5.41) is 12.6. The van der Waals surface area contributed by atoms with Gasteiger partial charge in [-0.25, -0.2) is 0 Å². The van der Waals surface area contributed by atoms with Gasteiger partial charge >= 0.3 is 0 Å². The van der Waals surface area contributed by atoms with Gasteiger partial charge in [-0.05, 0) is 174 Å². The molecule has 504 valence electrons. The van der Waals surface area contributed by atoms with E-state index < -0.39 is 0 Å². The number of hydrogen-bond donors (Lipinski definition) is 0. The third kappa shape index (κ3) is 10.5. The van der Waals surface area contributed by atoms with Crippen molar-refractivity contribution in [2.24, 2.45) is 0 Å². The van der Waals surface area contributed by atoms with Gasteiger partial charge in [-0.2, -0.15) is 0 Å². The summed E-state index contributed by atoms with van der Waals surface area (Å²) in [5.74, 6) is 1.29. The fourth-order valence-corrected chi connectivity index (χ4v) is 15.9. The molecule has 4 aromatic heterocycles. The molecular weight excluding hydrogens is 1300 g/mol. The van der Waals surface area contributed by atoms with Gasteiger partial charge in [0.2, 0.25) is 0 Å². The standard InChI is InChI=1S/C98H68N4O4/c1-5-29-81-95-85(101(84-48-25-33-65-31-16-18-42-74(65)84)73-55-57-79-77-44-20-22-51-88(77)104-93(79)62-73)49-27-53-91(95)106-98(81)64(4)100(70-39-14-9-15-40-70)71-41-24-34-66(59-71)76-46-26-47-80-87(60-67-32-17-19-43-75(67)94(76)80)102(72-56-58-90-83(61-72)78-45-21-23-52-89(78)103-90)86-50-28-54-92-96(86)82(30-6-2)97(105-92)63(3)99(68-35-10-7-11-36-68)69-37-12-8-13-38-69/h5-62H,3-4H2,1-2H3/b29-5-,30-6-. The molecule has 0 aliphatic carbocycles. The fraction of sp³-hybridized carbons (Fsp3) is 0.0204. The predicted molar refractivity (Wildman–Crippen MR) is 445 cm³/mol. The molecule has 15 aromatic carbocycles. The van der Waals surface area contributed by atoms with E-state index in [-0.39, 0.29) is 0 Å². The minimum Gasteiger partial charge on any atom is -0.456 e. The molecule has 19 aromatic rings. The normalized spacial score (nSPS) is 11.9. The molecule has 0 spiro atoms. The molecule has 0 saturated heterocycles. The van der Waals surface area contributed by atoms with Crippen molar-refractivity contribution < 1.29 is 17.7 Å². The summed E-state index contributed by atoms with van der Waals surface area (Å²) in [6.45, 7) is 14.0. The van der Waals surface area contributed by atoms with Crippen molar-refractivity contribution in [2.75, 3.05) is 19.6 Å². The van der Waals surface area contributed by atoms with Gasteiger partial charge in [0.1, 0.15) is 33.5 Å². The van der Waals surface area contributed by atoms with Gasteiger partial charge in [-0.3, -0.25) is 0 Å². The van der Waals surface area contributed by atoms with E-state index in [9.17, 15) is 0 Å². The second-order valence-corrected chi connectivity index (χ2v) is 26.7. The lowest BCUT2D eigenvalue weighted by molar-refractivity contribution is 0.597. The van der Waals surface area contributed by atoms with E-state index in [4.69, 9.17) is 30.8 Å². The maximum atomic E-state index is 7.31. The Hall–Kier alpha value is -14.1. The van der Waals surface area contributed by atoms with Gasteiger partial charge < -0.3 is 37.3 Å². The molecule has 4 heterocycles. The van der Waals surface area contributed by atoms with Gasteiger partial charge in [-0.1, -0.05) is 232 Å². The van der Waals surface area contributed by atoms with Crippen molar-refractivity contribution in [1.29, 1.82) is 0 Å². The van der Waals surface area contributed by atoms with Crippen LogP contribution in [0.4, 0.5) is 56.9 Å². The van der Waals surface area contributed by atoms with Gasteiger partial charge in [0.25, 0.3) is 0 Å². The molecule has 0 aliphatic rings. The molecule has 0 amide bonds. The van der Waals surface area contributed by atoms with E-state index in [1.807, 2.05) is 36.4 Å². The number of anilines is 10. The molecular formula is C98H68N4O4. The molecule has 8 heteroatoms. The van der Waals surface area contributed by atoms with Crippen LogP contribution in [0.3, 0.4) is 0 Å². The van der Waals surface area contributed by atoms with Crippen molar-refractivity contribution in [2.45, 2.75) is 13.8 Å². The Morgan fingerprint density at radius 1 is 0.274 bits per heavy atom. The van der Waals surface area contributed by atoms with Crippen molar-refractivity contribution in [1.82, 2.24) is 0 Å². The zero-order chi connectivity index (χ0) is 70.9. The highest BCUT2D eigenvalue weighted by Crippen LogP contribution is 2.53. The summed E-state index contributed by atoms with van der Waals surface area (Å²) >= 11 is 0. The summed E-state index contributed by atoms with van der Waals surface area (Å²) in [6, 6.07) is 115. The Morgan fingerprint density at radius 2 is 0.708 bits per heavy atom. The van der Waals surface area contributed by atoms with E-state index >= 15 is 0 Å². The van der Waals surface area contributed by atoms with Crippen LogP contribution in [0.5, 0.6) is 0 Å². The van der Waals surface area contributed by atoms with E-state index in [1.54, 1.807) is 0 Å². The fourth-order valence-electron chi connectivity index (χ4n) is 15.9. The summed E-state index contributed by atoms with van der Waals surface area (Å²) < 4.78 is 27.7. The number of hydrogen-bond acceptors (Lipinski definition) is 8. The summed E-state index contributed by atoms with van der Waals surface area (Å²) in [6.07, 6.45) is 8.49. The first-order valence-corrected chi connectivity index (χ1v) is 35.8. The first kappa shape index (κ1) is 62.9. The third-order valence-corrected chi connectivity index (χ3v) is 20.5. The average molecular weight is 1370 g/mol. The van der Waals surface area contributed by atoms with Crippen LogP contribution in [0, 0.1) is 0 Å². The van der Waals surface area contributed by atoms with Crippen LogP contribution < -0.4 is 19.6 Å². The van der Waals surface area contributed by atoms with Gasteiger partial charge in [0.15, 0.2) is 11.5 Å². The van der Waals surface area contributed by atoms with Crippen molar-refractivity contribution in [3.63, 3.8) is 0 Å². The molecule has 0 radical (unpaired) electrons. The van der Waals surface area contributed by atoms with Gasteiger partial charge in [0, 0.05) is 83.6 Å². The molecule has 0 aliphatic heterocycles. The average Bonchev–Trinajstić information content (AvgIpc) is 1.43. The number of rotatable bonds is 17. The highest BCUT2D eigenvalue weighted by Gasteiger charge is 2.31. The lowest BCUT2D eigenvalue weighted by Crippen LogP contribution is -2.15. The van der Waals surface area contributed by atoms with Crippen LogP contribution in [0.2, 0.25) is 0 Å². The zero-order valence-electron chi connectivity index (χ0n) is 58.3. The van der Waals surface area contributed by atoms with Crippen LogP contribution in [-0.4, -0.2) is 0 Å². The Kier molecular flexibility index (Phi) is 15.5. The Balaban J connectivity index is 0.788. The number of para-hydroxylation sites is 5. The molecule has 19 rings (SSSR count). The van der Waals surface area contributed by atoms with E-state index in [1.165, 1.54) is 0 Å². The molecule has 0 saturated carbocycles. The SMILES string of the molecule is C=C(c1oc2cccc(N(c3ccc4c(c3)oc3ccccc34)c3cccc4ccccc34)c2c1/C=C\C)N(c1ccccc1)c1cccc(-c2cccc3c(N(c4ccc5oc6ccccc6c5c4)c4cccc5oc(C(=C)N(c6ccccc6)c6ccccc6)c(/C=C\C)c45)cc4ccccc4c23)c1. The quantitative estimate of drug-likeness (QED) is 0.0836. The maximum absolute atomic E-state index is 7.31. The summed E-state index contributed by atoms with van der Waals surface area (Å²) in [4.78, 5) is 9.17. The first-order chi connectivity index (χ1) is 52.3. The second-order valence-electron chi connectivity index (χ2n) is 26.7. The lowest BCUT2D eigenvalue weighted by Gasteiger charge is -2.29. The van der Waals surface area contributed by atoms with E-state index in [2.05, 4.69) is 349 Å². The first-order valence-electron chi connectivity index (χ1n) is 35.8. The van der Waals surface area contributed by atoms with Crippen LogP contribution in [-0.2, 0) is 0 Å². The van der Waals surface area contributed by atoms with Gasteiger partial charge in [0.05, 0.1) is 44.9 Å². The molecule has 0 N–H and O–H groups in total. The smallest absolute Gasteiger partial charge is 0.158 e.